The Hall–Kier alpha value is -0.780. The first-order chi connectivity index (χ1) is 9.75. The second-order valence-electron chi connectivity index (χ2n) is 5.33. The highest BCUT2D eigenvalue weighted by Gasteiger charge is 2.21. The lowest BCUT2D eigenvalue weighted by molar-refractivity contribution is 0.168. The molecule has 0 spiro atoms. The van der Waals surface area contributed by atoms with Crippen molar-refractivity contribution in [2.75, 3.05) is 45.9 Å². The highest BCUT2D eigenvalue weighted by atomic mass is 79.9. The number of ether oxygens (including phenoxy) is 2. The third kappa shape index (κ3) is 2.95. The van der Waals surface area contributed by atoms with Gasteiger partial charge in [0.15, 0.2) is 11.5 Å². The average Bonchev–Trinajstić information content (AvgIpc) is 2.49. The number of benzene rings is 1. The maximum atomic E-state index is 5.85. The summed E-state index contributed by atoms with van der Waals surface area (Å²) in [5.74, 6) is 1.83. The van der Waals surface area contributed by atoms with Crippen molar-refractivity contribution in [3.8, 4) is 11.5 Å². The van der Waals surface area contributed by atoms with E-state index < -0.39 is 0 Å². The van der Waals surface area contributed by atoms with E-state index in [-0.39, 0.29) is 0 Å². The highest BCUT2D eigenvalue weighted by Crippen LogP contribution is 2.40. The number of piperazine rings is 1. The van der Waals surface area contributed by atoms with E-state index in [1.165, 1.54) is 11.1 Å². The van der Waals surface area contributed by atoms with Gasteiger partial charge in [0, 0.05) is 42.8 Å². The molecule has 1 aromatic rings. The largest absolute Gasteiger partial charge is 0.486 e. The quantitative estimate of drug-likeness (QED) is 0.912. The van der Waals surface area contributed by atoms with Crippen molar-refractivity contribution in [1.82, 2.24) is 10.2 Å². The molecule has 2 aliphatic heterocycles. The summed E-state index contributed by atoms with van der Waals surface area (Å²) in [5.41, 5.74) is 2.55. The smallest absolute Gasteiger partial charge is 0.164 e. The molecule has 110 valence electrons. The summed E-state index contributed by atoms with van der Waals surface area (Å²) >= 11 is 3.63. The summed E-state index contributed by atoms with van der Waals surface area (Å²) in [7, 11) is 0. The van der Waals surface area contributed by atoms with Gasteiger partial charge >= 0.3 is 0 Å². The molecule has 0 amide bonds. The van der Waals surface area contributed by atoms with Gasteiger partial charge in [0.2, 0.25) is 0 Å². The second-order valence-corrected chi connectivity index (χ2v) is 6.18. The molecule has 2 aliphatic rings. The zero-order chi connectivity index (χ0) is 13.9. The minimum Gasteiger partial charge on any atom is -0.486 e. The summed E-state index contributed by atoms with van der Waals surface area (Å²) in [6.07, 6.45) is 1.01. The predicted molar refractivity (Wildman–Crippen MR) is 82.9 cm³/mol. The van der Waals surface area contributed by atoms with Crippen LogP contribution >= 0.6 is 15.9 Å². The lowest BCUT2D eigenvalue weighted by Crippen LogP contribution is -2.44. The van der Waals surface area contributed by atoms with Gasteiger partial charge < -0.3 is 19.7 Å². The van der Waals surface area contributed by atoms with Crippen LogP contribution in [0.15, 0.2) is 10.5 Å². The first-order valence-corrected chi connectivity index (χ1v) is 8.05. The van der Waals surface area contributed by atoms with Crippen LogP contribution in [-0.2, 0) is 6.42 Å². The third-order valence-corrected chi connectivity index (χ3v) is 4.87. The van der Waals surface area contributed by atoms with Crippen LogP contribution in [0.2, 0.25) is 0 Å². The Morgan fingerprint density at radius 3 is 2.80 bits per heavy atom. The normalized spacial score (nSPS) is 19.1. The fraction of sp³-hybridized carbons (Fsp3) is 0.600. The van der Waals surface area contributed by atoms with Crippen molar-refractivity contribution in [2.45, 2.75) is 13.3 Å². The molecule has 0 bridgehead atoms. The predicted octanol–water partition coefficient (Wildman–Crippen LogP) is 1.98. The molecule has 5 heteroatoms. The van der Waals surface area contributed by atoms with Gasteiger partial charge in [0.05, 0.1) is 0 Å². The Morgan fingerprint density at radius 1 is 1.25 bits per heavy atom. The lowest BCUT2D eigenvalue weighted by Gasteiger charge is -2.28. The minimum atomic E-state index is 0.639. The van der Waals surface area contributed by atoms with Crippen LogP contribution in [0.25, 0.3) is 0 Å². The molecule has 0 saturated carbocycles. The Morgan fingerprint density at radius 2 is 2.00 bits per heavy atom. The van der Waals surface area contributed by atoms with Crippen LogP contribution in [-0.4, -0.2) is 50.8 Å². The fourth-order valence-corrected chi connectivity index (χ4v) is 3.27. The zero-order valence-electron chi connectivity index (χ0n) is 11.9. The lowest BCUT2D eigenvalue weighted by atomic mass is 10.0. The van der Waals surface area contributed by atoms with Crippen LogP contribution in [0.3, 0.4) is 0 Å². The van der Waals surface area contributed by atoms with Crippen molar-refractivity contribution < 1.29 is 9.47 Å². The van der Waals surface area contributed by atoms with Crippen LogP contribution in [0.4, 0.5) is 0 Å². The average molecular weight is 341 g/mol. The van der Waals surface area contributed by atoms with Crippen LogP contribution in [0.5, 0.6) is 11.5 Å². The van der Waals surface area contributed by atoms with E-state index in [2.05, 4.69) is 33.1 Å². The number of nitrogens with one attached hydrogen (secondary N) is 1. The van der Waals surface area contributed by atoms with E-state index in [1.54, 1.807) is 0 Å². The van der Waals surface area contributed by atoms with Crippen molar-refractivity contribution >= 4 is 15.9 Å². The molecule has 0 radical (unpaired) electrons. The van der Waals surface area contributed by atoms with E-state index in [9.17, 15) is 0 Å². The summed E-state index contributed by atoms with van der Waals surface area (Å²) in [5, 5.41) is 3.39. The summed E-state index contributed by atoms with van der Waals surface area (Å²) in [4.78, 5) is 2.51. The molecular formula is C15H21BrN2O2. The molecule has 20 heavy (non-hydrogen) atoms. The van der Waals surface area contributed by atoms with Gasteiger partial charge in [-0.25, -0.2) is 0 Å². The number of halogens is 1. The van der Waals surface area contributed by atoms with E-state index in [1.807, 2.05) is 6.07 Å². The van der Waals surface area contributed by atoms with Crippen LogP contribution in [0.1, 0.15) is 11.1 Å². The van der Waals surface area contributed by atoms with E-state index in [4.69, 9.17) is 9.47 Å². The Kier molecular flexibility index (Phi) is 4.48. The SMILES string of the molecule is Cc1c(Br)cc2c(c1CCN1CCNCC1)OCCO2. The molecule has 4 nitrogen and oxygen atoms in total. The fourth-order valence-electron chi connectivity index (χ4n) is 2.82. The Balaban J connectivity index is 1.78. The third-order valence-electron chi connectivity index (χ3n) is 4.04. The van der Waals surface area contributed by atoms with Gasteiger partial charge in [0.1, 0.15) is 13.2 Å². The summed E-state index contributed by atoms with van der Waals surface area (Å²) in [6.45, 7) is 8.96. The zero-order valence-corrected chi connectivity index (χ0v) is 13.5. The van der Waals surface area contributed by atoms with Crippen molar-refractivity contribution in [3.05, 3.63) is 21.7 Å². The molecule has 3 rings (SSSR count). The monoisotopic (exact) mass is 340 g/mol. The van der Waals surface area contributed by atoms with E-state index in [0.717, 1.165) is 55.1 Å². The molecule has 0 aliphatic carbocycles. The number of hydrogen-bond donors (Lipinski definition) is 1. The minimum absolute atomic E-state index is 0.639. The van der Waals surface area contributed by atoms with E-state index in [0.29, 0.717) is 13.2 Å². The number of fused-ring (bicyclic) bond motifs is 1. The van der Waals surface area contributed by atoms with Gasteiger partial charge in [-0.2, -0.15) is 0 Å². The molecule has 1 N–H and O–H groups in total. The number of hydrogen-bond acceptors (Lipinski definition) is 4. The van der Waals surface area contributed by atoms with Crippen molar-refractivity contribution in [2.24, 2.45) is 0 Å². The molecular weight excluding hydrogens is 320 g/mol. The summed E-state index contributed by atoms with van der Waals surface area (Å²) in [6, 6.07) is 2.03. The van der Waals surface area contributed by atoms with E-state index >= 15 is 0 Å². The second kappa shape index (κ2) is 6.33. The Bertz CT molecular complexity index is 487. The van der Waals surface area contributed by atoms with Gasteiger partial charge in [-0.3, -0.25) is 0 Å². The van der Waals surface area contributed by atoms with Crippen molar-refractivity contribution in [3.63, 3.8) is 0 Å². The van der Waals surface area contributed by atoms with Gasteiger partial charge in [0.25, 0.3) is 0 Å². The standard InChI is InChI=1S/C15H21BrN2O2/c1-11-12(2-5-18-6-3-17-4-7-18)15-14(10-13(11)16)19-8-9-20-15/h10,17H,2-9H2,1H3. The number of rotatable bonds is 3. The summed E-state index contributed by atoms with van der Waals surface area (Å²) < 4.78 is 12.7. The molecule has 2 heterocycles. The molecule has 0 atom stereocenters. The topological polar surface area (TPSA) is 33.7 Å². The Labute approximate surface area is 128 Å². The molecule has 0 aromatic heterocycles. The maximum Gasteiger partial charge on any atom is 0.164 e. The highest BCUT2D eigenvalue weighted by molar-refractivity contribution is 9.10. The van der Waals surface area contributed by atoms with Gasteiger partial charge in [-0.15, -0.1) is 0 Å². The van der Waals surface area contributed by atoms with Crippen LogP contribution < -0.4 is 14.8 Å². The van der Waals surface area contributed by atoms with Gasteiger partial charge in [-0.05, 0) is 25.0 Å². The van der Waals surface area contributed by atoms with Gasteiger partial charge in [-0.1, -0.05) is 15.9 Å². The van der Waals surface area contributed by atoms with Crippen molar-refractivity contribution in [1.29, 1.82) is 0 Å². The first-order valence-electron chi connectivity index (χ1n) is 7.26. The molecule has 1 aromatic carbocycles. The molecule has 0 unspecified atom stereocenters. The molecule has 1 saturated heterocycles. The first kappa shape index (κ1) is 14.2. The molecule has 1 fully saturated rings. The van der Waals surface area contributed by atoms with Crippen LogP contribution in [0, 0.1) is 6.92 Å². The number of nitrogens with zero attached hydrogens (tertiary/aromatic N) is 1. The maximum absolute atomic E-state index is 5.85.